The summed E-state index contributed by atoms with van der Waals surface area (Å²) in [6.45, 7) is 5.92. The zero-order chi connectivity index (χ0) is 42.5. The molecule has 13 heteroatoms. The van der Waals surface area contributed by atoms with E-state index in [1.807, 2.05) is 80.6 Å². The lowest BCUT2D eigenvalue weighted by molar-refractivity contribution is -0.131. The molecule has 0 radical (unpaired) electrons. The predicted molar refractivity (Wildman–Crippen MR) is 236 cm³/mol. The number of aromatic hydroxyl groups is 1. The van der Waals surface area contributed by atoms with Crippen LogP contribution in [0.25, 0.3) is 20.7 Å². The molecule has 4 aromatic carbocycles. The van der Waals surface area contributed by atoms with Crippen LogP contribution < -0.4 is 19.9 Å². The van der Waals surface area contributed by atoms with Crippen LogP contribution in [0.1, 0.15) is 43.7 Å². The first kappa shape index (κ1) is 38.9. The maximum absolute atomic E-state index is 15.3. The number of benzene rings is 4. The Morgan fingerprint density at radius 2 is 1.66 bits per heavy atom. The highest BCUT2D eigenvalue weighted by Crippen LogP contribution is 2.65. The summed E-state index contributed by atoms with van der Waals surface area (Å²) < 4.78 is 8.43. The third kappa shape index (κ3) is 5.86. The molecule has 308 valence electrons. The van der Waals surface area contributed by atoms with Crippen molar-refractivity contribution in [1.82, 2.24) is 9.78 Å². The average Bonchev–Trinajstić information content (AvgIpc) is 3.92. The molecule has 2 aliphatic heterocycles. The largest absolute Gasteiger partial charge is 0.504 e. The zero-order valence-corrected chi connectivity index (χ0v) is 35.5. The van der Waals surface area contributed by atoms with Crippen molar-refractivity contribution in [3.63, 3.8) is 0 Å². The third-order valence-electron chi connectivity index (χ3n) is 13.3. The quantitative estimate of drug-likeness (QED) is 0.114. The van der Waals surface area contributed by atoms with Gasteiger partial charge in [0.05, 0.1) is 40.3 Å². The van der Waals surface area contributed by atoms with E-state index in [4.69, 9.17) is 21.4 Å². The standard InChI is InChI=1S/C48H42ClN5O6S/c1-5-60-37-13-9-12-32(42(37)55)41-30-19-20-31-40(46(58)53(44(31)56)29-17-15-28(16-18-29)50-27-10-7-6-8-11-27)34(30)23-35-45(57)54(47(59)48(35,41)3)39-24-36(51-52(39)4)43-25(2)33-22-26(49)14-21-38(33)61-43/h6-19,21-22,24,31,34-35,40-41,50,55H,5,20,23H2,1-4H3. The molecule has 2 aromatic heterocycles. The Morgan fingerprint density at radius 1 is 0.902 bits per heavy atom. The molecule has 2 N–H and O–H groups in total. The van der Waals surface area contributed by atoms with Gasteiger partial charge in [0.15, 0.2) is 11.5 Å². The number of aryl methyl sites for hydroxylation is 2. The number of rotatable bonds is 8. The predicted octanol–water partition coefficient (Wildman–Crippen LogP) is 9.55. The number of halogens is 1. The SMILES string of the molecule is CCOc1cccc(C2C3=CCC4C(=O)N(c5ccc(Nc6ccccc6)cc5)C(=O)C4C3CC3C(=O)N(c4cc(-c5sc6ccc(Cl)cc6c5C)nn4C)C(=O)C32C)c1O. The monoisotopic (exact) mass is 851 g/mol. The number of amides is 4. The summed E-state index contributed by atoms with van der Waals surface area (Å²) in [5.74, 6) is -4.73. The number of hydrogen-bond donors (Lipinski definition) is 2. The number of thiophene rings is 1. The summed E-state index contributed by atoms with van der Waals surface area (Å²) in [5.41, 5.74) is 3.60. The number of allylic oxidation sites excluding steroid dienone is 2. The second-order valence-corrected chi connectivity index (χ2v) is 18.0. The van der Waals surface area contributed by atoms with E-state index in [2.05, 4.69) is 5.32 Å². The molecule has 2 aliphatic carbocycles. The van der Waals surface area contributed by atoms with Gasteiger partial charge in [-0.05, 0) is 111 Å². The number of imide groups is 2. The van der Waals surface area contributed by atoms with E-state index in [1.165, 1.54) is 9.80 Å². The smallest absolute Gasteiger partial charge is 0.242 e. The van der Waals surface area contributed by atoms with Gasteiger partial charge in [-0.15, -0.1) is 11.3 Å². The lowest BCUT2D eigenvalue weighted by Gasteiger charge is -2.49. The fourth-order valence-corrected chi connectivity index (χ4v) is 11.8. The normalized spacial score (nSPS) is 24.5. The van der Waals surface area contributed by atoms with Crippen molar-refractivity contribution in [2.75, 3.05) is 21.7 Å². The Hall–Kier alpha value is -6.24. The van der Waals surface area contributed by atoms with E-state index in [0.29, 0.717) is 34.4 Å². The molecule has 6 unspecified atom stereocenters. The van der Waals surface area contributed by atoms with Crippen LogP contribution >= 0.6 is 22.9 Å². The number of carbonyl (C=O) groups excluding carboxylic acids is 4. The minimum Gasteiger partial charge on any atom is -0.504 e. The van der Waals surface area contributed by atoms with Gasteiger partial charge in [-0.1, -0.05) is 53.6 Å². The van der Waals surface area contributed by atoms with Crippen molar-refractivity contribution >= 4 is 79.5 Å². The number of fused-ring (bicyclic) bond motifs is 5. The van der Waals surface area contributed by atoms with Gasteiger partial charge in [0.25, 0.3) is 0 Å². The fraction of sp³-hybridized carbons (Fsp3) is 0.271. The van der Waals surface area contributed by atoms with Crippen LogP contribution in [0.4, 0.5) is 22.9 Å². The van der Waals surface area contributed by atoms with Crippen LogP contribution in [0, 0.1) is 36.0 Å². The maximum Gasteiger partial charge on any atom is 0.242 e. The highest BCUT2D eigenvalue weighted by molar-refractivity contribution is 7.22. The van der Waals surface area contributed by atoms with Gasteiger partial charge in [0.2, 0.25) is 23.6 Å². The zero-order valence-electron chi connectivity index (χ0n) is 33.9. The first-order valence-corrected chi connectivity index (χ1v) is 21.7. The minimum atomic E-state index is -1.38. The molecule has 4 heterocycles. The Morgan fingerprint density at radius 3 is 2.41 bits per heavy atom. The molecule has 3 fully saturated rings. The van der Waals surface area contributed by atoms with Crippen LogP contribution in [0.2, 0.25) is 5.02 Å². The number of aromatic nitrogens is 2. The molecule has 61 heavy (non-hydrogen) atoms. The number of phenolic OH excluding ortho intramolecular Hbond substituents is 1. The van der Waals surface area contributed by atoms with Crippen molar-refractivity contribution < 1.29 is 29.0 Å². The van der Waals surface area contributed by atoms with Crippen molar-refractivity contribution in [3.8, 4) is 22.1 Å². The van der Waals surface area contributed by atoms with Crippen molar-refractivity contribution in [2.24, 2.45) is 36.1 Å². The molecule has 0 bridgehead atoms. The number of nitrogens with one attached hydrogen (secondary N) is 1. The van der Waals surface area contributed by atoms with E-state index < -0.39 is 46.8 Å². The lowest BCUT2D eigenvalue weighted by atomic mass is 9.51. The number of phenols is 1. The second kappa shape index (κ2) is 14.5. The molecule has 4 amide bonds. The molecule has 1 saturated carbocycles. The fourth-order valence-electron chi connectivity index (χ4n) is 10.5. The molecule has 6 aromatic rings. The van der Waals surface area contributed by atoms with Gasteiger partial charge in [0, 0.05) is 45.7 Å². The molecule has 2 saturated heterocycles. The molecular formula is C48H42ClN5O6S. The van der Waals surface area contributed by atoms with Crippen LogP contribution in [0.3, 0.4) is 0 Å². The number of hydrogen-bond acceptors (Lipinski definition) is 9. The van der Waals surface area contributed by atoms with Crippen molar-refractivity contribution in [2.45, 2.75) is 39.5 Å². The van der Waals surface area contributed by atoms with E-state index in [0.717, 1.165) is 37.5 Å². The van der Waals surface area contributed by atoms with Gasteiger partial charge in [0.1, 0.15) is 11.5 Å². The van der Waals surface area contributed by atoms with E-state index in [1.54, 1.807) is 66.4 Å². The minimum absolute atomic E-state index is 0.125. The molecule has 0 spiro atoms. The Kier molecular flexibility index (Phi) is 9.22. The molecular weight excluding hydrogens is 810 g/mol. The van der Waals surface area contributed by atoms with Gasteiger partial charge in [-0.3, -0.25) is 28.8 Å². The van der Waals surface area contributed by atoms with Crippen molar-refractivity contribution in [1.29, 1.82) is 0 Å². The molecule has 6 atom stereocenters. The van der Waals surface area contributed by atoms with Crippen LogP contribution in [-0.2, 0) is 26.2 Å². The number of ether oxygens (including phenoxy) is 1. The Bertz CT molecular complexity index is 2850. The summed E-state index contributed by atoms with van der Waals surface area (Å²) in [7, 11) is 1.71. The van der Waals surface area contributed by atoms with Gasteiger partial charge < -0.3 is 15.2 Å². The molecule has 11 nitrogen and oxygen atoms in total. The average molecular weight is 852 g/mol. The van der Waals surface area contributed by atoms with Crippen LogP contribution in [-0.4, -0.2) is 45.1 Å². The van der Waals surface area contributed by atoms with E-state index in [-0.39, 0.29) is 36.2 Å². The highest BCUT2D eigenvalue weighted by atomic mass is 35.5. The van der Waals surface area contributed by atoms with Crippen LogP contribution in [0.15, 0.2) is 109 Å². The second-order valence-electron chi connectivity index (χ2n) is 16.5. The lowest BCUT2D eigenvalue weighted by Crippen LogP contribution is -2.49. The van der Waals surface area contributed by atoms with Crippen LogP contribution in [0.5, 0.6) is 11.5 Å². The Balaban J connectivity index is 1.04. The number of carbonyl (C=O) groups is 4. The van der Waals surface area contributed by atoms with Gasteiger partial charge in [-0.25, -0.2) is 4.90 Å². The summed E-state index contributed by atoms with van der Waals surface area (Å²) >= 11 is 7.91. The summed E-state index contributed by atoms with van der Waals surface area (Å²) in [5, 5.41) is 21.7. The Labute approximate surface area is 361 Å². The molecule has 10 rings (SSSR count). The summed E-state index contributed by atoms with van der Waals surface area (Å²) in [4.78, 5) is 62.8. The molecule has 4 aliphatic rings. The topological polar surface area (TPSA) is 134 Å². The maximum atomic E-state index is 15.3. The van der Waals surface area contributed by atoms with Gasteiger partial charge in [-0.2, -0.15) is 5.10 Å². The summed E-state index contributed by atoms with van der Waals surface area (Å²) in [6.07, 6.45) is 2.41. The van der Waals surface area contributed by atoms with E-state index in [9.17, 15) is 14.7 Å². The first-order chi connectivity index (χ1) is 29.4. The highest BCUT2D eigenvalue weighted by Gasteiger charge is 2.68. The first-order valence-electron chi connectivity index (χ1n) is 20.5. The number of para-hydroxylation sites is 2. The third-order valence-corrected chi connectivity index (χ3v) is 14.8. The van der Waals surface area contributed by atoms with Crippen molar-refractivity contribution in [3.05, 3.63) is 125 Å². The van der Waals surface area contributed by atoms with E-state index >= 15 is 9.59 Å². The summed E-state index contributed by atoms with van der Waals surface area (Å²) in [6, 6.07) is 29.6. The number of anilines is 4. The number of nitrogens with zero attached hydrogens (tertiary/aromatic N) is 4. The van der Waals surface area contributed by atoms with Gasteiger partial charge >= 0.3 is 0 Å².